The number of aromatic nitrogens is 2. The molecule has 1 fully saturated rings. The summed E-state index contributed by atoms with van der Waals surface area (Å²) in [6.07, 6.45) is 1.23. The van der Waals surface area contributed by atoms with Gasteiger partial charge in [0.25, 0.3) is 17.5 Å². The van der Waals surface area contributed by atoms with Crippen molar-refractivity contribution in [2.75, 3.05) is 6.79 Å². The summed E-state index contributed by atoms with van der Waals surface area (Å²) in [5.41, 5.74) is 5.03. The molecule has 2 unspecified atom stereocenters. The van der Waals surface area contributed by atoms with E-state index in [0.29, 0.717) is 41.1 Å². The zero-order valence-corrected chi connectivity index (χ0v) is 20.9. The largest absolute Gasteiger partial charge is 0.454 e. The number of hydrazine groups is 1. The lowest BCUT2D eigenvalue weighted by Crippen LogP contribution is -2.55. The quantitative estimate of drug-likeness (QED) is 0.390. The van der Waals surface area contributed by atoms with Crippen molar-refractivity contribution in [2.45, 2.75) is 44.4 Å². The van der Waals surface area contributed by atoms with Gasteiger partial charge in [-0.25, -0.2) is 9.97 Å². The van der Waals surface area contributed by atoms with Crippen LogP contribution in [0.25, 0.3) is 11.0 Å². The normalized spacial score (nSPS) is 24.1. The molecule has 2 bridgehead atoms. The van der Waals surface area contributed by atoms with Gasteiger partial charge in [0.05, 0.1) is 27.3 Å². The summed E-state index contributed by atoms with van der Waals surface area (Å²) in [4.78, 5) is 47.0. The van der Waals surface area contributed by atoms with Gasteiger partial charge in [0.2, 0.25) is 6.79 Å². The fourth-order valence-electron chi connectivity index (χ4n) is 6.08. The molecule has 190 valence electrons. The van der Waals surface area contributed by atoms with Gasteiger partial charge in [-0.15, -0.1) is 0 Å². The molecule has 6 rings (SSSR count). The molecule has 2 amide bonds. The highest BCUT2D eigenvalue weighted by Crippen LogP contribution is 2.70. The number of benzene rings is 2. The highest BCUT2D eigenvalue weighted by Gasteiger charge is 2.73. The van der Waals surface area contributed by atoms with Crippen molar-refractivity contribution in [3.63, 3.8) is 0 Å². The minimum atomic E-state index is -1.06. The second-order valence-corrected chi connectivity index (χ2v) is 10.7. The van der Waals surface area contributed by atoms with Gasteiger partial charge in [-0.3, -0.25) is 30.6 Å². The van der Waals surface area contributed by atoms with Crippen molar-refractivity contribution in [2.24, 2.45) is 5.41 Å². The van der Waals surface area contributed by atoms with Crippen LogP contribution >= 0.6 is 11.6 Å². The monoisotopic (exact) mass is 523 g/mol. The highest BCUT2D eigenvalue weighted by molar-refractivity contribution is 6.32. The minimum absolute atomic E-state index is 0.0156. The average Bonchev–Trinajstić information content (AvgIpc) is 3.44. The molecule has 1 aromatic heterocycles. The van der Waals surface area contributed by atoms with Crippen LogP contribution in [0.1, 0.15) is 55.4 Å². The number of carbonyl (C=O) groups is 2. The Labute approximate surface area is 215 Å². The van der Waals surface area contributed by atoms with Crippen LogP contribution < -0.4 is 20.3 Å². The molecule has 3 aromatic rings. The van der Waals surface area contributed by atoms with E-state index in [1.54, 1.807) is 12.1 Å². The first-order chi connectivity index (χ1) is 17.5. The first kappa shape index (κ1) is 23.4. The molecule has 2 N–H and O–H groups in total. The minimum Gasteiger partial charge on any atom is -0.454 e. The summed E-state index contributed by atoms with van der Waals surface area (Å²) in [5.74, 6) is 0.0370. The number of hydrogen-bond acceptors (Lipinski definition) is 8. The molecular formula is C25H22ClN5O6. The number of nitrogens with zero attached hydrogens (tertiary/aromatic N) is 3. The highest BCUT2D eigenvalue weighted by atomic mass is 35.5. The molecule has 12 heteroatoms. The van der Waals surface area contributed by atoms with Gasteiger partial charge in [-0.2, -0.15) is 0 Å². The second kappa shape index (κ2) is 7.51. The molecule has 2 heterocycles. The average molecular weight is 524 g/mol. The lowest BCUT2D eigenvalue weighted by atomic mass is 9.63. The molecular weight excluding hydrogens is 502 g/mol. The van der Waals surface area contributed by atoms with E-state index >= 15 is 0 Å². The van der Waals surface area contributed by atoms with Crippen LogP contribution in [-0.2, 0) is 15.6 Å². The number of hydrogen-bond donors (Lipinski definition) is 2. The molecule has 2 aromatic carbocycles. The number of halogens is 1. The third-order valence-electron chi connectivity index (χ3n) is 8.61. The SMILES string of the molecule is CC12CCC(C(=O)NNC(=O)c3ccc(Cl)c([N+](=O)[O-])c3)(c3nc4cc5c(cc4nc31)OCO5)C2(C)C. The number of nitro benzene ring substituents is 1. The number of carbonyl (C=O) groups excluding carboxylic acids is 2. The number of nitro groups is 1. The summed E-state index contributed by atoms with van der Waals surface area (Å²) >= 11 is 5.85. The predicted molar refractivity (Wildman–Crippen MR) is 131 cm³/mol. The summed E-state index contributed by atoms with van der Waals surface area (Å²) < 4.78 is 11.0. The van der Waals surface area contributed by atoms with E-state index in [1.165, 1.54) is 12.1 Å². The number of amides is 2. The Morgan fingerprint density at radius 1 is 1.00 bits per heavy atom. The summed E-state index contributed by atoms with van der Waals surface area (Å²) in [7, 11) is 0. The molecule has 3 aliphatic rings. The molecule has 0 saturated heterocycles. The van der Waals surface area contributed by atoms with Crippen LogP contribution in [0, 0.1) is 15.5 Å². The van der Waals surface area contributed by atoms with Gasteiger partial charge in [0.15, 0.2) is 11.5 Å². The Morgan fingerprint density at radius 2 is 1.65 bits per heavy atom. The van der Waals surface area contributed by atoms with Gasteiger partial charge in [-0.1, -0.05) is 32.4 Å². The Bertz CT molecular complexity index is 1560. The number of nitrogens with one attached hydrogen (secondary N) is 2. The summed E-state index contributed by atoms with van der Waals surface area (Å²) in [6, 6.07) is 7.22. The maximum Gasteiger partial charge on any atom is 0.288 e. The van der Waals surface area contributed by atoms with Crippen LogP contribution in [0.3, 0.4) is 0 Å². The van der Waals surface area contributed by atoms with Crippen molar-refractivity contribution in [1.29, 1.82) is 0 Å². The fourth-order valence-corrected chi connectivity index (χ4v) is 6.27. The number of ether oxygens (including phenoxy) is 2. The van der Waals surface area contributed by atoms with E-state index in [0.717, 1.165) is 11.8 Å². The smallest absolute Gasteiger partial charge is 0.288 e. The van der Waals surface area contributed by atoms with E-state index in [2.05, 4.69) is 17.8 Å². The van der Waals surface area contributed by atoms with Crippen molar-refractivity contribution < 1.29 is 24.0 Å². The van der Waals surface area contributed by atoms with Gasteiger partial charge in [0, 0.05) is 29.2 Å². The molecule has 11 nitrogen and oxygen atoms in total. The molecule has 1 aliphatic heterocycles. The van der Waals surface area contributed by atoms with E-state index in [1.807, 2.05) is 13.8 Å². The van der Waals surface area contributed by atoms with Crippen LogP contribution in [-0.4, -0.2) is 33.5 Å². The topological polar surface area (TPSA) is 146 Å². The van der Waals surface area contributed by atoms with Crippen molar-refractivity contribution in [3.8, 4) is 11.5 Å². The maximum atomic E-state index is 13.9. The molecule has 37 heavy (non-hydrogen) atoms. The second-order valence-electron chi connectivity index (χ2n) is 10.3. The standard InChI is InChI=1S/C25H22ClN5O6/c1-23(2)24(3)6-7-25(23,20-19(24)27-14-9-17-18(37-11-36-17)10-15(14)28-20)22(33)30-29-21(32)12-4-5-13(26)16(8-12)31(34)35/h4-5,8-10H,6-7,11H2,1-3H3,(H,29,32)(H,30,33). The third-order valence-corrected chi connectivity index (χ3v) is 8.93. The van der Waals surface area contributed by atoms with E-state index in [-0.39, 0.29) is 17.4 Å². The predicted octanol–water partition coefficient (Wildman–Crippen LogP) is 3.71. The van der Waals surface area contributed by atoms with Crippen LogP contribution in [0.5, 0.6) is 11.5 Å². The Hall–Kier alpha value is -3.99. The Morgan fingerprint density at radius 3 is 2.30 bits per heavy atom. The van der Waals surface area contributed by atoms with Crippen molar-refractivity contribution >= 4 is 40.1 Å². The van der Waals surface area contributed by atoms with Crippen LogP contribution in [0.2, 0.25) is 5.02 Å². The number of fused-ring (bicyclic) bond motifs is 7. The summed E-state index contributed by atoms with van der Waals surface area (Å²) in [5, 5.41) is 11.1. The Balaban J connectivity index is 1.36. The van der Waals surface area contributed by atoms with Crippen LogP contribution in [0.4, 0.5) is 5.69 Å². The third kappa shape index (κ3) is 2.94. The molecule has 0 radical (unpaired) electrons. The summed E-state index contributed by atoms with van der Waals surface area (Å²) in [6.45, 7) is 6.25. The van der Waals surface area contributed by atoms with E-state index < -0.39 is 38.7 Å². The molecule has 1 saturated carbocycles. The fraction of sp³-hybridized carbons (Fsp3) is 0.360. The zero-order valence-electron chi connectivity index (χ0n) is 20.2. The van der Waals surface area contributed by atoms with E-state index in [4.69, 9.17) is 31.0 Å². The van der Waals surface area contributed by atoms with Gasteiger partial charge in [0.1, 0.15) is 10.4 Å². The van der Waals surface area contributed by atoms with Gasteiger partial charge in [-0.05, 0) is 30.4 Å². The first-order valence-electron chi connectivity index (χ1n) is 11.7. The molecule has 2 atom stereocenters. The first-order valence-corrected chi connectivity index (χ1v) is 12.0. The van der Waals surface area contributed by atoms with Crippen molar-refractivity contribution in [1.82, 2.24) is 20.8 Å². The van der Waals surface area contributed by atoms with Gasteiger partial charge < -0.3 is 9.47 Å². The van der Waals surface area contributed by atoms with Crippen molar-refractivity contribution in [3.05, 3.63) is 62.4 Å². The van der Waals surface area contributed by atoms with Gasteiger partial charge >= 0.3 is 0 Å². The lowest BCUT2D eigenvalue weighted by Gasteiger charge is -2.39. The molecule has 2 aliphatic carbocycles. The lowest BCUT2D eigenvalue weighted by molar-refractivity contribution is -0.384. The zero-order chi connectivity index (χ0) is 26.3. The number of rotatable bonds is 3. The van der Waals surface area contributed by atoms with E-state index in [9.17, 15) is 19.7 Å². The maximum absolute atomic E-state index is 13.9. The Kier molecular flexibility index (Phi) is 4.75. The molecule has 0 spiro atoms. The van der Waals surface area contributed by atoms with Crippen LogP contribution in [0.15, 0.2) is 30.3 Å².